The molecule has 3 heteroatoms. The maximum atomic E-state index is 4.72. The van der Waals surface area contributed by atoms with Crippen molar-refractivity contribution in [2.24, 2.45) is 0 Å². The van der Waals surface area contributed by atoms with Crippen molar-refractivity contribution in [1.82, 2.24) is 15.1 Å². The van der Waals surface area contributed by atoms with Crippen LogP contribution in [0.25, 0.3) is 0 Å². The molecule has 0 bridgehead atoms. The number of hydrogen-bond acceptors (Lipinski definition) is 2. The zero-order chi connectivity index (χ0) is 13.7. The summed E-state index contributed by atoms with van der Waals surface area (Å²) in [4.78, 5) is 0. The summed E-state index contributed by atoms with van der Waals surface area (Å²) >= 11 is 0. The van der Waals surface area contributed by atoms with Crippen LogP contribution in [0.3, 0.4) is 0 Å². The van der Waals surface area contributed by atoms with Crippen molar-refractivity contribution < 1.29 is 0 Å². The molecule has 0 amide bonds. The Kier molecular flexibility index (Phi) is 5.86. The molecule has 0 aromatic carbocycles. The number of aromatic nitrogens is 2. The summed E-state index contributed by atoms with van der Waals surface area (Å²) in [7, 11) is 0. The highest BCUT2D eigenvalue weighted by Gasteiger charge is 2.19. The monoisotopic (exact) mass is 251 g/mol. The van der Waals surface area contributed by atoms with E-state index in [1.807, 2.05) is 0 Å². The van der Waals surface area contributed by atoms with Crippen LogP contribution in [0.2, 0.25) is 0 Å². The quantitative estimate of drug-likeness (QED) is 0.751. The van der Waals surface area contributed by atoms with Crippen LogP contribution < -0.4 is 5.32 Å². The molecule has 104 valence electrons. The fraction of sp³-hybridized carbons (Fsp3) is 0.800. The number of nitrogens with zero attached hydrogens (tertiary/aromatic N) is 2. The van der Waals surface area contributed by atoms with Gasteiger partial charge in [0, 0.05) is 23.8 Å². The lowest BCUT2D eigenvalue weighted by Gasteiger charge is -2.15. The van der Waals surface area contributed by atoms with Gasteiger partial charge in [-0.15, -0.1) is 0 Å². The molecule has 0 aliphatic heterocycles. The molecule has 3 nitrogen and oxygen atoms in total. The Balaban J connectivity index is 2.85. The van der Waals surface area contributed by atoms with E-state index in [1.165, 1.54) is 23.4 Å². The molecule has 0 aliphatic rings. The van der Waals surface area contributed by atoms with Crippen molar-refractivity contribution in [2.45, 2.75) is 66.3 Å². The van der Waals surface area contributed by atoms with Crippen LogP contribution in [-0.4, -0.2) is 22.9 Å². The third-order valence-electron chi connectivity index (χ3n) is 3.76. The molecule has 0 saturated carbocycles. The molecule has 0 spiro atoms. The lowest BCUT2D eigenvalue weighted by molar-refractivity contribution is 0.464. The molecule has 1 heterocycles. The molecular formula is C15H29N3. The summed E-state index contributed by atoms with van der Waals surface area (Å²) in [6, 6.07) is 0.494. The van der Waals surface area contributed by atoms with Crippen LogP contribution in [0, 0.1) is 13.8 Å². The number of hydrogen-bond donors (Lipinski definition) is 1. The van der Waals surface area contributed by atoms with E-state index in [0.29, 0.717) is 12.0 Å². The molecule has 2 unspecified atom stereocenters. The van der Waals surface area contributed by atoms with Gasteiger partial charge in [-0.25, -0.2) is 0 Å². The Labute approximate surface area is 112 Å². The van der Waals surface area contributed by atoms with Crippen molar-refractivity contribution in [3.63, 3.8) is 0 Å². The lowest BCUT2D eigenvalue weighted by Crippen LogP contribution is -2.21. The second-order valence-electron chi connectivity index (χ2n) is 5.39. The van der Waals surface area contributed by atoms with E-state index in [9.17, 15) is 0 Å². The second kappa shape index (κ2) is 6.93. The molecule has 1 aromatic rings. The van der Waals surface area contributed by atoms with Gasteiger partial charge in [0.1, 0.15) is 0 Å². The Hall–Kier alpha value is -0.830. The van der Waals surface area contributed by atoms with Crippen molar-refractivity contribution in [3.8, 4) is 0 Å². The van der Waals surface area contributed by atoms with Crippen molar-refractivity contribution >= 4 is 0 Å². The van der Waals surface area contributed by atoms with Gasteiger partial charge in [-0.2, -0.15) is 5.10 Å². The first kappa shape index (κ1) is 15.2. The van der Waals surface area contributed by atoms with Gasteiger partial charge in [-0.1, -0.05) is 20.8 Å². The number of rotatable bonds is 7. The van der Waals surface area contributed by atoms with Gasteiger partial charge in [0.05, 0.1) is 5.69 Å². The van der Waals surface area contributed by atoms with Crippen LogP contribution in [-0.2, 0) is 0 Å². The molecule has 0 radical (unpaired) electrons. The minimum Gasteiger partial charge on any atom is -0.316 e. The number of nitrogens with one attached hydrogen (secondary N) is 1. The Morgan fingerprint density at radius 1 is 1.22 bits per heavy atom. The summed E-state index contributed by atoms with van der Waals surface area (Å²) in [5, 5.41) is 8.22. The molecular weight excluding hydrogens is 222 g/mol. The molecule has 1 N–H and O–H groups in total. The van der Waals surface area contributed by atoms with Gasteiger partial charge in [-0.05, 0) is 46.1 Å². The highest BCUT2D eigenvalue weighted by atomic mass is 15.3. The van der Waals surface area contributed by atoms with E-state index in [1.54, 1.807) is 0 Å². The van der Waals surface area contributed by atoms with Gasteiger partial charge in [-0.3, -0.25) is 4.68 Å². The van der Waals surface area contributed by atoms with E-state index in [4.69, 9.17) is 5.10 Å². The molecule has 0 saturated heterocycles. The maximum Gasteiger partial charge on any atom is 0.0631 e. The minimum atomic E-state index is 0.494. The first-order valence-corrected chi connectivity index (χ1v) is 7.29. The van der Waals surface area contributed by atoms with Gasteiger partial charge < -0.3 is 5.32 Å². The summed E-state index contributed by atoms with van der Waals surface area (Å²) in [6.45, 7) is 15.4. The lowest BCUT2D eigenvalue weighted by atomic mass is 9.99. The fourth-order valence-corrected chi connectivity index (χ4v) is 2.59. The standard InChI is InChI=1S/C15H29N3/c1-7-9-16-10-11(3)15-13(5)17-18(14(15)6)12(4)8-2/h11-12,16H,7-10H2,1-6H3. The van der Waals surface area contributed by atoms with E-state index in [2.05, 4.69) is 51.5 Å². The Morgan fingerprint density at radius 2 is 1.89 bits per heavy atom. The van der Waals surface area contributed by atoms with E-state index < -0.39 is 0 Å². The summed E-state index contributed by atoms with van der Waals surface area (Å²) in [5.41, 5.74) is 3.96. The van der Waals surface area contributed by atoms with E-state index in [-0.39, 0.29) is 0 Å². The largest absolute Gasteiger partial charge is 0.316 e. The molecule has 1 aromatic heterocycles. The molecule has 0 fully saturated rings. The highest BCUT2D eigenvalue weighted by molar-refractivity contribution is 5.29. The van der Waals surface area contributed by atoms with Crippen molar-refractivity contribution in [3.05, 3.63) is 17.0 Å². The zero-order valence-corrected chi connectivity index (χ0v) is 12.9. The van der Waals surface area contributed by atoms with Gasteiger partial charge in [0.15, 0.2) is 0 Å². The third kappa shape index (κ3) is 3.35. The normalized spacial score (nSPS) is 14.8. The summed E-state index contributed by atoms with van der Waals surface area (Å²) in [6.07, 6.45) is 2.32. The van der Waals surface area contributed by atoms with Crippen molar-refractivity contribution in [1.29, 1.82) is 0 Å². The smallest absolute Gasteiger partial charge is 0.0631 e. The Bertz CT molecular complexity index is 368. The third-order valence-corrected chi connectivity index (χ3v) is 3.76. The maximum absolute atomic E-state index is 4.72. The first-order valence-electron chi connectivity index (χ1n) is 7.29. The molecule has 18 heavy (non-hydrogen) atoms. The summed E-state index contributed by atoms with van der Waals surface area (Å²) < 4.78 is 2.20. The van der Waals surface area contributed by atoms with Crippen LogP contribution in [0.5, 0.6) is 0 Å². The minimum absolute atomic E-state index is 0.494. The van der Waals surface area contributed by atoms with Crippen LogP contribution in [0.4, 0.5) is 0 Å². The van der Waals surface area contributed by atoms with Crippen LogP contribution in [0.15, 0.2) is 0 Å². The van der Waals surface area contributed by atoms with Gasteiger partial charge >= 0.3 is 0 Å². The molecule has 2 atom stereocenters. The number of aryl methyl sites for hydroxylation is 1. The molecule has 0 aliphatic carbocycles. The second-order valence-corrected chi connectivity index (χ2v) is 5.39. The predicted molar refractivity (Wildman–Crippen MR) is 78.3 cm³/mol. The topological polar surface area (TPSA) is 29.9 Å². The average molecular weight is 251 g/mol. The van der Waals surface area contributed by atoms with Crippen LogP contribution in [0.1, 0.15) is 69.4 Å². The van der Waals surface area contributed by atoms with Gasteiger partial charge in [0.25, 0.3) is 0 Å². The van der Waals surface area contributed by atoms with Crippen molar-refractivity contribution in [2.75, 3.05) is 13.1 Å². The zero-order valence-electron chi connectivity index (χ0n) is 12.9. The van der Waals surface area contributed by atoms with Gasteiger partial charge in [0.2, 0.25) is 0 Å². The first-order chi connectivity index (χ1) is 8.52. The van der Waals surface area contributed by atoms with E-state index >= 15 is 0 Å². The Morgan fingerprint density at radius 3 is 2.44 bits per heavy atom. The highest BCUT2D eigenvalue weighted by Crippen LogP contribution is 2.25. The fourth-order valence-electron chi connectivity index (χ4n) is 2.59. The molecule has 1 rings (SSSR count). The van der Waals surface area contributed by atoms with E-state index in [0.717, 1.165) is 19.5 Å². The summed E-state index contributed by atoms with van der Waals surface area (Å²) in [5.74, 6) is 0.536. The SMILES string of the molecule is CCCNCC(C)c1c(C)nn(C(C)CC)c1C. The average Bonchev–Trinajstić information content (AvgIpc) is 2.64. The van der Waals surface area contributed by atoms with Crippen LogP contribution >= 0.6 is 0 Å². The predicted octanol–water partition coefficient (Wildman–Crippen LogP) is 3.57.